The Balaban J connectivity index is 2.25. The van der Waals surface area contributed by atoms with Crippen molar-refractivity contribution >= 4 is 17.3 Å². The summed E-state index contributed by atoms with van der Waals surface area (Å²) in [7, 11) is 0. The molecule has 0 heterocycles. The minimum absolute atomic E-state index is 0.0708. The van der Waals surface area contributed by atoms with E-state index in [2.05, 4.69) is 5.32 Å². The summed E-state index contributed by atoms with van der Waals surface area (Å²) in [4.78, 5) is 22.5. The number of rotatable bonds is 6. The van der Waals surface area contributed by atoms with E-state index in [1.807, 2.05) is 6.92 Å². The van der Waals surface area contributed by atoms with E-state index < -0.39 is 22.5 Å². The third kappa shape index (κ3) is 4.03. The minimum atomic E-state index is -1.18. The lowest BCUT2D eigenvalue weighted by Gasteiger charge is -2.09. The average Bonchev–Trinajstić information content (AvgIpc) is 2.56. The van der Waals surface area contributed by atoms with Gasteiger partial charge in [-0.2, -0.15) is 0 Å². The first kappa shape index (κ1) is 17.3. The molecule has 0 aliphatic carbocycles. The number of nitro groups is 1. The summed E-state index contributed by atoms with van der Waals surface area (Å²) in [6.45, 7) is 2.29. The van der Waals surface area contributed by atoms with Crippen molar-refractivity contribution in [2.24, 2.45) is 0 Å². The van der Waals surface area contributed by atoms with Gasteiger partial charge in [0.2, 0.25) is 0 Å². The van der Waals surface area contributed by atoms with Crippen molar-refractivity contribution in [2.45, 2.75) is 13.3 Å². The van der Waals surface area contributed by atoms with Crippen molar-refractivity contribution < 1.29 is 23.2 Å². The lowest BCUT2D eigenvalue weighted by molar-refractivity contribution is -0.384. The van der Waals surface area contributed by atoms with Crippen LogP contribution in [0.2, 0.25) is 0 Å². The maximum Gasteiger partial charge on any atom is 0.296 e. The summed E-state index contributed by atoms with van der Waals surface area (Å²) in [6, 6.07) is 6.59. The standard InChI is InChI=1S/C16H14F2N2O4/c1-2-7-24-11-4-6-14(15(9-11)20(22)23)19-16(21)10-3-5-12(17)13(18)8-10/h3-6,8-9H,2,7H2,1H3,(H,19,21). The quantitative estimate of drug-likeness (QED) is 0.640. The maximum atomic E-state index is 13.2. The third-order valence-corrected chi connectivity index (χ3v) is 3.07. The number of hydrogen-bond donors (Lipinski definition) is 1. The van der Waals surface area contributed by atoms with Crippen LogP contribution < -0.4 is 10.1 Å². The smallest absolute Gasteiger partial charge is 0.296 e. The van der Waals surface area contributed by atoms with Crippen LogP contribution in [0.4, 0.5) is 20.2 Å². The molecule has 2 aromatic carbocycles. The number of nitrogens with zero attached hydrogens (tertiary/aromatic N) is 1. The molecule has 0 radical (unpaired) electrons. The summed E-state index contributed by atoms with van der Waals surface area (Å²) >= 11 is 0. The second kappa shape index (κ2) is 7.49. The van der Waals surface area contributed by atoms with Crippen molar-refractivity contribution in [3.8, 4) is 5.75 Å². The van der Waals surface area contributed by atoms with E-state index >= 15 is 0 Å². The molecule has 0 bridgehead atoms. The minimum Gasteiger partial charge on any atom is -0.493 e. The molecule has 126 valence electrons. The van der Waals surface area contributed by atoms with Gasteiger partial charge in [-0.05, 0) is 36.8 Å². The molecule has 0 aromatic heterocycles. The van der Waals surface area contributed by atoms with Crippen molar-refractivity contribution in [3.63, 3.8) is 0 Å². The molecular weight excluding hydrogens is 322 g/mol. The largest absolute Gasteiger partial charge is 0.493 e. The van der Waals surface area contributed by atoms with Gasteiger partial charge in [-0.15, -0.1) is 0 Å². The zero-order valence-electron chi connectivity index (χ0n) is 12.7. The number of hydrogen-bond acceptors (Lipinski definition) is 4. The van der Waals surface area contributed by atoms with E-state index in [-0.39, 0.29) is 16.9 Å². The molecule has 0 aliphatic heterocycles. The Hall–Kier alpha value is -3.03. The van der Waals surface area contributed by atoms with Gasteiger partial charge in [-0.1, -0.05) is 6.92 Å². The van der Waals surface area contributed by atoms with E-state index in [4.69, 9.17) is 4.74 Å². The van der Waals surface area contributed by atoms with Crippen molar-refractivity contribution in [3.05, 3.63) is 63.7 Å². The van der Waals surface area contributed by atoms with E-state index in [0.717, 1.165) is 24.6 Å². The molecule has 0 saturated heterocycles. The molecular formula is C16H14F2N2O4. The van der Waals surface area contributed by atoms with Crippen LogP contribution >= 0.6 is 0 Å². The number of carbonyl (C=O) groups is 1. The Labute approximate surface area is 136 Å². The third-order valence-electron chi connectivity index (χ3n) is 3.07. The Morgan fingerprint density at radius 1 is 1.21 bits per heavy atom. The molecule has 2 rings (SSSR count). The second-order valence-electron chi connectivity index (χ2n) is 4.87. The van der Waals surface area contributed by atoms with Crippen LogP contribution in [0.3, 0.4) is 0 Å². The van der Waals surface area contributed by atoms with Gasteiger partial charge in [0.1, 0.15) is 11.4 Å². The van der Waals surface area contributed by atoms with Gasteiger partial charge in [-0.3, -0.25) is 14.9 Å². The first-order valence-corrected chi connectivity index (χ1v) is 7.10. The number of anilines is 1. The fourth-order valence-electron chi connectivity index (χ4n) is 1.91. The maximum absolute atomic E-state index is 13.2. The van der Waals surface area contributed by atoms with Crippen LogP contribution in [-0.4, -0.2) is 17.4 Å². The van der Waals surface area contributed by atoms with Crippen LogP contribution in [0.5, 0.6) is 5.75 Å². The van der Waals surface area contributed by atoms with Gasteiger partial charge in [0.05, 0.1) is 17.6 Å². The first-order valence-electron chi connectivity index (χ1n) is 7.10. The molecule has 2 aromatic rings. The van der Waals surface area contributed by atoms with E-state index in [1.54, 1.807) is 0 Å². The van der Waals surface area contributed by atoms with Gasteiger partial charge < -0.3 is 10.1 Å². The Morgan fingerprint density at radius 2 is 1.96 bits per heavy atom. The highest BCUT2D eigenvalue weighted by atomic mass is 19.2. The number of nitro benzene ring substituents is 1. The van der Waals surface area contributed by atoms with Crippen molar-refractivity contribution in [1.82, 2.24) is 0 Å². The van der Waals surface area contributed by atoms with Crippen LogP contribution in [0, 0.1) is 21.7 Å². The molecule has 0 unspecified atom stereocenters. The lowest BCUT2D eigenvalue weighted by atomic mass is 10.2. The molecule has 0 atom stereocenters. The summed E-state index contributed by atoms with van der Waals surface area (Å²) in [6.07, 6.45) is 0.739. The van der Waals surface area contributed by atoms with Gasteiger partial charge >= 0.3 is 0 Å². The highest BCUT2D eigenvalue weighted by Crippen LogP contribution is 2.29. The summed E-state index contributed by atoms with van der Waals surface area (Å²) in [5.41, 5.74) is -0.590. The number of carbonyl (C=O) groups excluding carboxylic acids is 1. The number of amides is 1. The van der Waals surface area contributed by atoms with E-state index in [1.165, 1.54) is 18.2 Å². The Morgan fingerprint density at radius 3 is 2.58 bits per heavy atom. The number of halogens is 2. The normalized spacial score (nSPS) is 10.3. The second-order valence-corrected chi connectivity index (χ2v) is 4.87. The summed E-state index contributed by atoms with van der Waals surface area (Å²) in [5.74, 6) is -2.76. The monoisotopic (exact) mass is 336 g/mol. The van der Waals surface area contributed by atoms with Gasteiger partial charge in [0.25, 0.3) is 11.6 Å². The van der Waals surface area contributed by atoms with Gasteiger partial charge in [0.15, 0.2) is 11.6 Å². The van der Waals surface area contributed by atoms with E-state index in [0.29, 0.717) is 12.4 Å². The topological polar surface area (TPSA) is 81.5 Å². The first-order chi connectivity index (χ1) is 11.4. The van der Waals surface area contributed by atoms with Crippen LogP contribution in [0.1, 0.15) is 23.7 Å². The molecule has 0 saturated carbocycles. The Kier molecular flexibility index (Phi) is 5.41. The molecule has 6 nitrogen and oxygen atoms in total. The predicted molar refractivity (Wildman–Crippen MR) is 83.2 cm³/mol. The molecule has 0 aliphatic rings. The lowest BCUT2D eigenvalue weighted by Crippen LogP contribution is -2.13. The fourth-order valence-corrected chi connectivity index (χ4v) is 1.91. The van der Waals surface area contributed by atoms with Crippen molar-refractivity contribution in [2.75, 3.05) is 11.9 Å². The van der Waals surface area contributed by atoms with Crippen LogP contribution in [0.15, 0.2) is 36.4 Å². The van der Waals surface area contributed by atoms with Crippen LogP contribution in [0.25, 0.3) is 0 Å². The van der Waals surface area contributed by atoms with E-state index in [9.17, 15) is 23.7 Å². The molecule has 0 fully saturated rings. The molecule has 24 heavy (non-hydrogen) atoms. The molecule has 0 spiro atoms. The van der Waals surface area contributed by atoms with Gasteiger partial charge in [0, 0.05) is 5.56 Å². The van der Waals surface area contributed by atoms with Gasteiger partial charge in [-0.25, -0.2) is 8.78 Å². The average molecular weight is 336 g/mol. The highest BCUT2D eigenvalue weighted by molar-refractivity contribution is 6.05. The summed E-state index contributed by atoms with van der Waals surface area (Å²) < 4.78 is 31.4. The fraction of sp³-hybridized carbons (Fsp3) is 0.188. The zero-order valence-corrected chi connectivity index (χ0v) is 12.7. The molecule has 8 heteroatoms. The molecule has 1 amide bonds. The molecule has 1 N–H and O–H groups in total. The number of nitrogens with one attached hydrogen (secondary N) is 1. The SMILES string of the molecule is CCCOc1ccc(NC(=O)c2ccc(F)c(F)c2)c([N+](=O)[O-])c1. The highest BCUT2D eigenvalue weighted by Gasteiger charge is 2.18. The predicted octanol–water partition coefficient (Wildman–Crippen LogP) is 3.91. The number of ether oxygens (including phenoxy) is 1. The van der Waals surface area contributed by atoms with Crippen molar-refractivity contribution in [1.29, 1.82) is 0 Å². The summed E-state index contributed by atoms with van der Waals surface area (Å²) in [5, 5.41) is 13.5. The Bertz CT molecular complexity index is 781. The van der Waals surface area contributed by atoms with Crippen LogP contribution in [-0.2, 0) is 0 Å². The number of benzene rings is 2. The zero-order chi connectivity index (χ0) is 17.7.